The Labute approximate surface area is 200 Å². The number of ether oxygens (including phenoxy) is 3. The molecule has 180 valence electrons. The third kappa shape index (κ3) is 5.99. The maximum absolute atomic E-state index is 12.9. The van der Waals surface area contributed by atoms with Crippen LogP contribution in [0.2, 0.25) is 0 Å². The van der Waals surface area contributed by atoms with Crippen molar-refractivity contribution in [3.05, 3.63) is 99.6 Å². The third-order valence-corrected chi connectivity index (χ3v) is 5.01. The van der Waals surface area contributed by atoms with E-state index in [1.807, 2.05) is 6.07 Å². The lowest BCUT2D eigenvalue weighted by molar-refractivity contribution is -0.385. The number of nitro benzene ring substituents is 1. The zero-order valence-corrected chi connectivity index (χ0v) is 18.9. The predicted molar refractivity (Wildman–Crippen MR) is 125 cm³/mol. The van der Waals surface area contributed by atoms with Crippen LogP contribution >= 0.6 is 0 Å². The van der Waals surface area contributed by atoms with Gasteiger partial charge in [-0.05, 0) is 29.3 Å². The van der Waals surface area contributed by atoms with Gasteiger partial charge in [-0.1, -0.05) is 48.5 Å². The van der Waals surface area contributed by atoms with Gasteiger partial charge in [-0.15, -0.1) is 0 Å². The number of methoxy groups -OCH3 is 2. The molecule has 0 aliphatic heterocycles. The van der Waals surface area contributed by atoms with Gasteiger partial charge in [-0.25, -0.2) is 0 Å². The van der Waals surface area contributed by atoms with Gasteiger partial charge >= 0.3 is 17.6 Å². The molecule has 10 heteroatoms. The molecule has 0 spiro atoms. The minimum Gasteiger partial charge on any atom is -0.480 e. The standard InChI is InChI=1S/C25H22N2O8/c1-33-24(29)21(25(30)34-2)18-13-19(26-23(28)17-11-7-4-8-12-17)22(20(14-18)27(31)32)35-15-16-9-5-3-6-10-16/h3-14,21H,15H2,1-2H3,(H,26,28). The minimum atomic E-state index is -1.61. The lowest BCUT2D eigenvalue weighted by atomic mass is 9.97. The monoisotopic (exact) mass is 478 g/mol. The second-order valence-corrected chi connectivity index (χ2v) is 7.25. The van der Waals surface area contributed by atoms with E-state index in [2.05, 4.69) is 14.8 Å². The van der Waals surface area contributed by atoms with Gasteiger partial charge in [0.1, 0.15) is 6.61 Å². The van der Waals surface area contributed by atoms with Crippen LogP contribution in [0.1, 0.15) is 27.4 Å². The highest BCUT2D eigenvalue weighted by molar-refractivity contribution is 6.06. The van der Waals surface area contributed by atoms with E-state index in [0.717, 1.165) is 25.8 Å². The number of nitrogens with zero attached hydrogens (tertiary/aromatic N) is 1. The summed E-state index contributed by atoms with van der Waals surface area (Å²) in [6.07, 6.45) is 0. The molecule has 0 aromatic heterocycles. The zero-order chi connectivity index (χ0) is 25.4. The fraction of sp³-hybridized carbons (Fsp3) is 0.160. The Morgan fingerprint density at radius 2 is 1.49 bits per heavy atom. The molecule has 10 nitrogen and oxygen atoms in total. The Bertz CT molecular complexity index is 1210. The number of carbonyl (C=O) groups is 3. The number of rotatable bonds is 9. The van der Waals surface area contributed by atoms with E-state index < -0.39 is 34.4 Å². The first-order chi connectivity index (χ1) is 16.8. The van der Waals surface area contributed by atoms with E-state index in [1.54, 1.807) is 54.6 Å². The van der Waals surface area contributed by atoms with Gasteiger partial charge < -0.3 is 19.5 Å². The molecular weight excluding hydrogens is 456 g/mol. The van der Waals surface area contributed by atoms with Crippen LogP contribution in [0, 0.1) is 10.1 Å². The number of amides is 1. The van der Waals surface area contributed by atoms with Gasteiger partial charge in [0.05, 0.1) is 24.8 Å². The van der Waals surface area contributed by atoms with Gasteiger partial charge in [-0.3, -0.25) is 24.5 Å². The molecule has 3 aromatic carbocycles. The van der Waals surface area contributed by atoms with Crippen molar-refractivity contribution in [3.8, 4) is 5.75 Å². The molecule has 0 saturated heterocycles. The lowest BCUT2D eigenvalue weighted by Gasteiger charge is -2.18. The molecule has 0 fully saturated rings. The van der Waals surface area contributed by atoms with E-state index >= 15 is 0 Å². The number of esters is 2. The van der Waals surface area contributed by atoms with Crippen LogP contribution in [0.15, 0.2) is 72.8 Å². The second-order valence-electron chi connectivity index (χ2n) is 7.25. The molecule has 1 N–H and O–H groups in total. The molecule has 0 bridgehead atoms. The fourth-order valence-corrected chi connectivity index (χ4v) is 3.30. The maximum atomic E-state index is 12.9. The van der Waals surface area contributed by atoms with Crippen molar-refractivity contribution in [2.75, 3.05) is 19.5 Å². The quantitative estimate of drug-likeness (QED) is 0.212. The molecule has 0 aliphatic rings. The second kappa shape index (κ2) is 11.4. The van der Waals surface area contributed by atoms with Gasteiger partial charge in [0.2, 0.25) is 5.75 Å². The summed E-state index contributed by atoms with van der Waals surface area (Å²) in [7, 11) is 2.14. The highest BCUT2D eigenvalue weighted by Crippen LogP contribution is 2.40. The van der Waals surface area contributed by atoms with Crippen LogP contribution in [0.25, 0.3) is 0 Å². The van der Waals surface area contributed by atoms with E-state index in [9.17, 15) is 24.5 Å². The highest BCUT2D eigenvalue weighted by atomic mass is 16.6. The molecule has 3 aromatic rings. The largest absolute Gasteiger partial charge is 0.480 e. The molecule has 1 amide bonds. The average molecular weight is 478 g/mol. The normalized spacial score (nSPS) is 10.4. The Hall–Kier alpha value is -4.73. The molecule has 3 rings (SSSR count). The van der Waals surface area contributed by atoms with Crippen LogP contribution in [-0.2, 0) is 25.7 Å². The average Bonchev–Trinajstić information content (AvgIpc) is 2.88. The SMILES string of the molecule is COC(=O)C(C(=O)OC)c1cc(NC(=O)c2ccccc2)c(OCc2ccccc2)c([N+](=O)[O-])c1. The van der Waals surface area contributed by atoms with Crippen molar-refractivity contribution in [2.45, 2.75) is 12.5 Å². The smallest absolute Gasteiger partial charge is 0.324 e. The summed E-state index contributed by atoms with van der Waals surface area (Å²) in [6, 6.07) is 19.4. The van der Waals surface area contributed by atoms with E-state index in [4.69, 9.17) is 4.74 Å². The summed E-state index contributed by atoms with van der Waals surface area (Å²) in [5.74, 6) is -4.39. The maximum Gasteiger partial charge on any atom is 0.324 e. The van der Waals surface area contributed by atoms with Crippen molar-refractivity contribution >= 4 is 29.2 Å². The van der Waals surface area contributed by atoms with Crippen LogP contribution in [-0.4, -0.2) is 37.0 Å². The first kappa shape index (κ1) is 24.9. The van der Waals surface area contributed by atoms with Crippen LogP contribution in [0.3, 0.4) is 0 Å². The van der Waals surface area contributed by atoms with Crippen LogP contribution in [0.4, 0.5) is 11.4 Å². The number of hydrogen-bond acceptors (Lipinski definition) is 8. The molecule has 0 atom stereocenters. The molecule has 0 aliphatic carbocycles. The van der Waals surface area contributed by atoms with Gasteiger partial charge in [-0.2, -0.15) is 0 Å². The van der Waals surface area contributed by atoms with Crippen molar-refractivity contribution < 1.29 is 33.5 Å². The predicted octanol–water partition coefficient (Wildman–Crippen LogP) is 3.86. The Balaban J connectivity index is 2.13. The third-order valence-electron chi connectivity index (χ3n) is 5.01. The number of hydrogen-bond donors (Lipinski definition) is 1. The number of carbonyl (C=O) groups excluding carboxylic acids is 3. The lowest BCUT2D eigenvalue weighted by Crippen LogP contribution is -2.25. The van der Waals surface area contributed by atoms with Gasteiger partial charge in [0, 0.05) is 11.6 Å². The van der Waals surface area contributed by atoms with Crippen molar-refractivity contribution in [1.82, 2.24) is 0 Å². The topological polar surface area (TPSA) is 134 Å². The summed E-state index contributed by atoms with van der Waals surface area (Å²) >= 11 is 0. The first-order valence-corrected chi connectivity index (χ1v) is 10.4. The van der Waals surface area contributed by atoms with Crippen molar-refractivity contribution in [3.63, 3.8) is 0 Å². The van der Waals surface area contributed by atoms with Crippen LogP contribution < -0.4 is 10.1 Å². The first-order valence-electron chi connectivity index (χ1n) is 10.4. The molecule has 35 heavy (non-hydrogen) atoms. The summed E-state index contributed by atoms with van der Waals surface area (Å²) < 4.78 is 15.1. The molecule has 0 unspecified atom stereocenters. The van der Waals surface area contributed by atoms with Crippen molar-refractivity contribution in [1.29, 1.82) is 0 Å². The summed E-state index contributed by atoms with van der Waals surface area (Å²) in [6.45, 7) is -0.0351. The Morgan fingerprint density at radius 1 is 0.914 bits per heavy atom. The molecule has 0 saturated carbocycles. The Morgan fingerprint density at radius 3 is 2.03 bits per heavy atom. The molecular formula is C25H22N2O8. The summed E-state index contributed by atoms with van der Waals surface area (Å²) in [4.78, 5) is 48.8. The van der Waals surface area contributed by atoms with E-state index in [-0.39, 0.29) is 29.2 Å². The molecule has 0 heterocycles. The summed E-state index contributed by atoms with van der Waals surface area (Å²) in [5, 5.41) is 14.6. The van der Waals surface area contributed by atoms with E-state index in [1.165, 1.54) is 6.07 Å². The van der Waals surface area contributed by atoms with Crippen molar-refractivity contribution in [2.24, 2.45) is 0 Å². The minimum absolute atomic E-state index is 0.0351. The Kier molecular flexibility index (Phi) is 8.12. The van der Waals surface area contributed by atoms with Crippen LogP contribution in [0.5, 0.6) is 5.75 Å². The number of nitro groups is 1. The fourth-order valence-electron chi connectivity index (χ4n) is 3.30. The zero-order valence-electron chi connectivity index (χ0n) is 18.9. The van der Waals surface area contributed by atoms with Gasteiger partial charge in [0.15, 0.2) is 5.92 Å². The summed E-state index contributed by atoms with van der Waals surface area (Å²) in [5.41, 5.74) is 0.252. The molecule has 0 radical (unpaired) electrons. The number of anilines is 1. The number of benzene rings is 3. The van der Waals surface area contributed by atoms with Gasteiger partial charge in [0.25, 0.3) is 5.91 Å². The number of nitrogens with one attached hydrogen (secondary N) is 1. The highest BCUT2D eigenvalue weighted by Gasteiger charge is 2.34. The van der Waals surface area contributed by atoms with E-state index in [0.29, 0.717) is 0 Å².